The molecule has 30 heavy (non-hydrogen) atoms. The van der Waals surface area contributed by atoms with Gasteiger partial charge in [0.1, 0.15) is 0 Å². The third kappa shape index (κ3) is 4.58. The van der Waals surface area contributed by atoms with E-state index in [1.807, 2.05) is 44.2 Å². The zero-order valence-corrected chi connectivity index (χ0v) is 18.1. The maximum atomic E-state index is 12.5. The first-order chi connectivity index (χ1) is 14.4. The predicted molar refractivity (Wildman–Crippen MR) is 117 cm³/mol. The summed E-state index contributed by atoms with van der Waals surface area (Å²) in [5.74, 6) is 0.0602. The van der Waals surface area contributed by atoms with E-state index in [-0.39, 0.29) is 5.41 Å². The SMILES string of the molecule is COc1ccc(C2(CNC(=O)C(=O)Nc3ccc(C)c(C)c3)CCCC2)cc1OC. The fraction of sp³-hybridized carbons (Fsp3) is 0.417. The number of carbonyl (C=O) groups is 2. The highest BCUT2D eigenvalue weighted by molar-refractivity contribution is 6.39. The van der Waals surface area contributed by atoms with E-state index in [9.17, 15) is 9.59 Å². The van der Waals surface area contributed by atoms with Crippen LogP contribution in [0.4, 0.5) is 5.69 Å². The molecule has 0 atom stereocenters. The monoisotopic (exact) mass is 410 g/mol. The normalized spacial score (nSPS) is 14.8. The van der Waals surface area contributed by atoms with E-state index in [0.29, 0.717) is 23.7 Å². The molecule has 3 rings (SSSR count). The Morgan fingerprint density at radius 1 is 0.900 bits per heavy atom. The lowest BCUT2D eigenvalue weighted by atomic mass is 9.78. The molecule has 0 bridgehead atoms. The van der Waals surface area contributed by atoms with Crippen molar-refractivity contribution in [3.8, 4) is 11.5 Å². The molecule has 0 aromatic heterocycles. The molecule has 2 N–H and O–H groups in total. The van der Waals surface area contributed by atoms with Crippen LogP contribution in [0.1, 0.15) is 42.4 Å². The van der Waals surface area contributed by atoms with Crippen molar-refractivity contribution in [2.45, 2.75) is 44.9 Å². The zero-order valence-electron chi connectivity index (χ0n) is 18.1. The Labute approximate surface area is 178 Å². The second kappa shape index (κ2) is 9.20. The van der Waals surface area contributed by atoms with Gasteiger partial charge in [0, 0.05) is 17.6 Å². The van der Waals surface area contributed by atoms with Gasteiger partial charge in [-0.3, -0.25) is 9.59 Å². The number of aryl methyl sites for hydroxylation is 2. The van der Waals surface area contributed by atoms with Crippen LogP contribution in [0.3, 0.4) is 0 Å². The van der Waals surface area contributed by atoms with Crippen LogP contribution in [0.5, 0.6) is 11.5 Å². The van der Waals surface area contributed by atoms with Crippen molar-refractivity contribution in [3.05, 3.63) is 53.1 Å². The van der Waals surface area contributed by atoms with Gasteiger partial charge < -0.3 is 20.1 Å². The quantitative estimate of drug-likeness (QED) is 0.709. The minimum absolute atomic E-state index is 0.212. The Bertz CT molecular complexity index is 933. The molecular weight excluding hydrogens is 380 g/mol. The first-order valence-electron chi connectivity index (χ1n) is 10.3. The van der Waals surface area contributed by atoms with Crippen LogP contribution in [0.25, 0.3) is 0 Å². The van der Waals surface area contributed by atoms with E-state index in [0.717, 1.165) is 42.4 Å². The number of ether oxygens (including phenoxy) is 2. The van der Waals surface area contributed by atoms with Crippen LogP contribution in [0, 0.1) is 13.8 Å². The van der Waals surface area contributed by atoms with Crippen molar-refractivity contribution in [2.75, 3.05) is 26.1 Å². The maximum absolute atomic E-state index is 12.5. The molecule has 6 nitrogen and oxygen atoms in total. The van der Waals surface area contributed by atoms with Crippen molar-refractivity contribution in [2.24, 2.45) is 0 Å². The van der Waals surface area contributed by atoms with E-state index < -0.39 is 11.8 Å². The molecule has 2 amide bonds. The van der Waals surface area contributed by atoms with Gasteiger partial charge in [-0.1, -0.05) is 25.0 Å². The second-order valence-electron chi connectivity index (χ2n) is 7.99. The average molecular weight is 411 g/mol. The van der Waals surface area contributed by atoms with E-state index in [1.165, 1.54) is 0 Å². The van der Waals surface area contributed by atoms with Gasteiger partial charge in [-0.15, -0.1) is 0 Å². The van der Waals surface area contributed by atoms with Crippen LogP contribution in [0.15, 0.2) is 36.4 Å². The van der Waals surface area contributed by atoms with E-state index in [2.05, 4.69) is 10.6 Å². The lowest BCUT2D eigenvalue weighted by Crippen LogP contribution is -2.43. The smallest absolute Gasteiger partial charge is 0.313 e. The summed E-state index contributed by atoms with van der Waals surface area (Å²) in [6.45, 7) is 4.38. The maximum Gasteiger partial charge on any atom is 0.313 e. The van der Waals surface area contributed by atoms with Crippen molar-refractivity contribution in [3.63, 3.8) is 0 Å². The summed E-state index contributed by atoms with van der Waals surface area (Å²) >= 11 is 0. The molecule has 0 unspecified atom stereocenters. The first kappa shape index (κ1) is 21.7. The molecule has 0 radical (unpaired) electrons. The Morgan fingerprint density at radius 2 is 1.60 bits per heavy atom. The Hall–Kier alpha value is -3.02. The number of hydrogen-bond acceptors (Lipinski definition) is 4. The third-order valence-electron chi connectivity index (χ3n) is 6.11. The molecule has 1 aliphatic rings. The van der Waals surface area contributed by atoms with Crippen LogP contribution in [-0.2, 0) is 15.0 Å². The van der Waals surface area contributed by atoms with Gasteiger partial charge in [0.15, 0.2) is 11.5 Å². The number of methoxy groups -OCH3 is 2. The number of nitrogens with one attached hydrogen (secondary N) is 2. The summed E-state index contributed by atoms with van der Waals surface area (Å²) in [5, 5.41) is 5.54. The topological polar surface area (TPSA) is 76.7 Å². The van der Waals surface area contributed by atoms with Crippen molar-refractivity contribution >= 4 is 17.5 Å². The second-order valence-corrected chi connectivity index (χ2v) is 7.99. The van der Waals surface area contributed by atoms with Gasteiger partial charge in [0.2, 0.25) is 0 Å². The molecule has 0 aliphatic heterocycles. The summed E-state index contributed by atoms with van der Waals surface area (Å²) in [7, 11) is 3.22. The van der Waals surface area contributed by atoms with Crippen molar-refractivity contribution in [1.82, 2.24) is 5.32 Å². The highest BCUT2D eigenvalue weighted by Crippen LogP contribution is 2.43. The minimum Gasteiger partial charge on any atom is -0.493 e. The molecular formula is C24H30N2O4. The van der Waals surface area contributed by atoms with Crippen LogP contribution >= 0.6 is 0 Å². The molecule has 1 fully saturated rings. The molecule has 2 aromatic carbocycles. The molecule has 0 heterocycles. The first-order valence-corrected chi connectivity index (χ1v) is 10.3. The van der Waals surface area contributed by atoms with Gasteiger partial charge >= 0.3 is 11.8 Å². The van der Waals surface area contributed by atoms with Gasteiger partial charge in [-0.05, 0) is 67.6 Å². The lowest BCUT2D eigenvalue weighted by Gasteiger charge is -2.30. The lowest BCUT2D eigenvalue weighted by molar-refractivity contribution is -0.136. The zero-order chi connectivity index (χ0) is 21.7. The van der Waals surface area contributed by atoms with Gasteiger partial charge in [0.05, 0.1) is 14.2 Å². The number of carbonyl (C=O) groups excluding carboxylic acids is 2. The van der Waals surface area contributed by atoms with E-state index in [1.54, 1.807) is 20.3 Å². The molecule has 6 heteroatoms. The summed E-state index contributed by atoms with van der Waals surface area (Å²) in [6.07, 6.45) is 4.06. The largest absolute Gasteiger partial charge is 0.493 e. The van der Waals surface area contributed by atoms with Gasteiger partial charge in [-0.2, -0.15) is 0 Å². The van der Waals surface area contributed by atoms with Crippen LogP contribution in [-0.4, -0.2) is 32.6 Å². The fourth-order valence-electron chi connectivity index (χ4n) is 4.12. The number of anilines is 1. The molecule has 160 valence electrons. The van der Waals surface area contributed by atoms with Crippen molar-refractivity contribution in [1.29, 1.82) is 0 Å². The minimum atomic E-state index is -0.654. The van der Waals surface area contributed by atoms with Crippen LogP contribution in [0.2, 0.25) is 0 Å². The molecule has 0 saturated heterocycles. The summed E-state index contributed by atoms with van der Waals surface area (Å²) in [6, 6.07) is 11.5. The van der Waals surface area contributed by atoms with Crippen molar-refractivity contribution < 1.29 is 19.1 Å². The van der Waals surface area contributed by atoms with Gasteiger partial charge in [0.25, 0.3) is 0 Å². The number of rotatable bonds is 6. The standard InChI is InChI=1S/C24H30N2O4/c1-16-7-9-19(13-17(16)2)26-23(28)22(27)25-15-24(11-5-6-12-24)18-8-10-20(29-3)21(14-18)30-4/h7-10,13-14H,5-6,11-12,15H2,1-4H3,(H,25,27)(H,26,28). The predicted octanol–water partition coefficient (Wildman–Crippen LogP) is 3.89. The molecule has 2 aromatic rings. The summed E-state index contributed by atoms with van der Waals surface area (Å²) < 4.78 is 10.8. The molecule has 1 aliphatic carbocycles. The Balaban J connectivity index is 1.70. The highest BCUT2D eigenvalue weighted by Gasteiger charge is 2.37. The Morgan fingerprint density at radius 3 is 2.23 bits per heavy atom. The molecule has 1 saturated carbocycles. The number of benzene rings is 2. The molecule has 0 spiro atoms. The highest BCUT2D eigenvalue weighted by atomic mass is 16.5. The number of hydrogen-bond donors (Lipinski definition) is 2. The Kier molecular flexibility index (Phi) is 6.65. The van der Waals surface area contributed by atoms with E-state index in [4.69, 9.17) is 9.47 Å². The fourth-order valence-corrected chi connectivity index (χ4v) is 4.12. The number of amides is 2. The third-order valence-corrected chi connectivity index (χ3v) is 6.11. The van der Waals surface area contributed by atoms with Crippen LogP contribution < -0.4 is 20.1 Å². The van der Waals surface area contributed by atoms with Gasteiger partial charge in [-0.25, -0.2) is 0 Å². The average Bonchev–Trinajstić information content (AvgIpc) is 3.24. The van der Waals surface area contributed by atoms with E-state index >= 15 is 0 Å². The summed E-state index contributed by atoms with van der Waals surface area (Å²) in [5.41, 5.74) is 3.69. The summed E-state index contributed by atoms with van der Waals surface area (Å²) in [4.78, 5) is 24.9.